The number of hydrogen-bond donors (Lipinski definition) is 1. The number of hydrazone groups is 1. The highest BCUT2D eigenvalue weighted by atomic mass is 32.2. The fourth-order valence-electron chi connectivity index (χ4n) is 3.24. The van der Waals surface area contributed by atoms with E-state index in [1.807, 2.05) is 24.3 Å². The molecule has 1 amide bonds. The van der Waals surface area contributed by atoms with Crippen molar-refractivity contribution in [3.05, 3.63) is 84.4 Å². The Kier molecular flexibility index (Phi) is 9.25. The van der Waals surface area contributed by atoms with Crippen molar-refractivity contribution in [3.8, 4) is 11.5 Å². The molecule has 0 aliphatic rings. The van der Waals surface area contributed by atoms with Crippen LogP contribution < -0.4 is 19.2 Å². The van der Waals surface area contributed by atoms with E-state index in [2.05, 4.69) is 17.5 Å². The number of nitrogens with zero attached hydrogens (tertiary/aromatic N) is 2. The number of carbonyl (C=O) groups is 1. The Bertz CT molecular complexity index is 1250. The summed E-state index contributed by atoms with van der Waals surface area (Å²) in [6, 6.07) is 21.9. The van der Waals surface area contributed by atoms with Crippen LogP contribution in [0.1, 0.15) is 25.3 Å². The maximum atomic E-state index is 13.4. The molecule has 0 bridgehead atoms. The normalized spacial score (nSPS) is 11.3. The highest BCUT2D eigenvalue weighted by Crippen LogP contribution is 2.32. The number of rotatable bonds is 12. The number of sulfonamides is 1. The predicted octanol–water partition coefficient (Wildman–Crippen LogP) is 4.22. The number of anilines is 1. The van der Waals surface area contributed by atoms with E-state index in [4.69, 9.17) is 9.47 Å². The van der Waals surface area contributed by atoms with Gasteiger partial charge in [0.1, 0.15) is 18.0 Å². The molecular weight excluding hydrogens is 466 g/mol. The van der Waals surface area contributed by atoms with E-state index >= 15 is 0 Å². The Morgan fingerprint density at radius 1 is 0.971 bits per heavy atom. The summed E-state index contributed by atoms with van der Waals surface area (Å²) in [5, 5.41) is 4.02. The van der Waals surface area contributed by atoms with Crippen LogP contribution in [0.5, 0.6) is 11.5 Å². The van der Waals surface area contributed by atoms with E-state index in [1.165, 1.54) is 25.5 Å². The van der Waals surface area contributed by atoms with E-state index in [1.54, 1.807) is 42.5 Å². The van der Waals surface area contributed by atoms with E-state index in [0.717, 1.165) is 17.1 Å². The molecule has 0 aliphatic heterocycles. The number of carbonyl (C=O) groups excluding carboxylic acids is 1. The first-order chi connectivity index (χ1) is 17.0. The standard InChI is InChI=1S/C26H29N3O5S/c1-3-4-18-34-24-16-10-8-12-21(24)19-27-28-26(30)20-29(23-15-9-11-17-25(23)33-2)35(31,32)22-13-6-5-7-14-22/h5-17,19H,3-4,18,20H2,1-2H3,(H,28,30)/b27-19+. The van der Waals surface area contributed by atoms with E-state index < -0.39 is 22.5 Å². The third-order valence-corrected chi connectivity index (χ3v) is 6.81. The second kappa shape index (κ2) is 12.6. The molecule has 0 aromatic heterocycles. The molecule has 0 aliphatic carbocycles. The van der Waals surface area contributed by atoms with Gasteiger partial charge in [0, 0.05) is 5.56 Å². The number of nitrogens with one attached hydrogen (secondary N) is 1. The summed E-state index contributed by atoms with van der Waals surface area (Å²) in [6.07, 6.45) is 3.41. The smallest absolute Gasteiger partial charge is 0.264 e. The van der Waals surface area contributed by atoms with Crippen molar-refractivity contribution >= 4 is 27.8 Å². The van der Waals surface area contributed by atoms with E-state index in [-0.39, 0.29) is 10.6 Å². The van der Waals surface area contributed by atoms with Crippen molar-refractivity contribution in [1.29, 1.82) is 0 Å². The van der Waals surface area contributed by atoms with Gasteiger partial charge in [-0.25, -0.2) is 13.8 Å². The van der Waals surface area contributed by atoms with Crippen molar-refractivity contribution in [2.75, 3.05) is 24.6 Å². The molecule has 1 N–H and O–H groups in total. The summed E-state index contributed by atoms with van der Waals surface area (Å²) in [6.45, 7) is 2.17. The van der Waals surface area contributed by atoms with Gasteiger partial charge in [-0.3, -0.25) is 9.10 Å². The van der Waals surface area contributed by atoms with Crippen LogP contribution >= 0.6 is 0 Å². The molecule has 0 saturated heterocycles. The van der Waals surface area contributed by atoms with Crippen LogP contribution in [0.25, 0.3) is 0 Å². The SMILES string of the molecule is CCCCOc1ccccc1/C=N/NC(=O)CN(c1ccccc1OC)S(=O)(=O)c1ccccc1. The highest BCUT2D eigenvalue weighted by molar-refractivity contribution is 7.92. The molecule has 0 saturated carbocycles. The first kappa shape index (κ1) is 25.8. The number of amides is 1. The van der Waals surface area contributed by atoms with Crippen LogP contribution in [0, 0.1) is 0 Å². The summed E-state index contributed by atoms with van der Waals surface area (Å²) >= 11 is 0. The molecule has 35 heavy (non-hydrogen) atoms. The molecule has 3 aromatic rings. The minimum atomic E-state index is -4.06. The van der Waals surface area contributed by atoms with Gasteiger partial charge in [0.05, 0.1) is 30.5 Å². The lowest BCUT2D eigenvalue weighted by molar-refractivity contribution is -0.119. The molecule has 9 heteroatoms. The number of para-hydroxylation sites is 3. The Labute approximate surface area is 206 Å². The maximum Gasteiger partial charge on any atom is 0.264 e. The summed E-state index contributed by atoms with van der Waals surface area (Å²) in [4.78, 5) is 12.8. The van der Waals surface area contributed by atoms with Crippen molar-refractivity contribution in [3.63, 3.8) is 0 Å². The molecule has 184 valence electrons. The van der Waals surface area contributed by atoms with Gasteiger partial charge in [-0.1, -0.05) is 55.8 Å². The lowest BCUT2D eigenvalue weighted by atomic mass is 10.2. The van der Waals surface area contributed by atoms with Gasteiger partial charge in [0.25, 0.3) is 15.9 Å². The third-order valence-electron chi connectivity index (χ3n) is 5.04. The summed E-state index contributed by atoms with van der Waals surface area (Å²) in [5.41, 5.74) is 3.35. The maximum absolute atomic E-state index is 13.4. The van der Waals surface area contributed by atoms with Crippen LogP contribution in [0.15, 0.2) is 88.9 Å². The first-order valence-electron chi connectivity index (χ1n) is 11.2. The Balaban J connectivity index is 1.81. The predicted molar refractivity (Wildman–Crippen MR) is 137 cm³/mol. The molecular formula is C26H29N3O5S. The zero-order chi connectivity index (χ0) is 25.1. The van der Waals surface area contributed by atoms with Crippen LogP contribution in [-0.4, -0.2) is 40.8 Å². The third kappa shape index (κ3) is 6.83. The van der Waals surface area contributed by atoms with Crippen LogP contribution in [-0.2, 0) is 14.8 Å². The number of methoxy groups -OCH3 is 1. The topological polar surface area (TPSA) is 97.3 Å². The molecule has 0 radical (unpaired) electrons. The number of benzene rings is 3. The van der Waals surface area contributed by atoms with Gasteiger partial charge in [-0.15, -0.1) is 0 Å². The zero-order valence-electron chi connectivity index (χ0n) is 19.8. The van der Waals surface area contributed by atoms with Gasteiger partial charge >= 0.3 is 0 Å². The average Bonchev–Trinajstić information content (AvgIpc) is 2.88. The minimum absolute atomic E-state index is 0.0559. The lowest BCUT2D eigenvalue weighted by Gasteiger charge is -2.25. The molecule has 3 aromatic carbocycles. The average molecular weight is 496 g/mol. The minimum Gasteiger partial charge on any atom is -0.495 e. The van der Waals surface area contributed by atoms with Crippen molar-refractivity contribution in [1.82, 2.24) is 5.43 Å². The van der Waals surface area contributed by atoms with E-state index in [0.29, 0.717) is 23.7 Å². The molecule has 3 rings (SSSR count). The molecule has 8 nitrogen and oxygen atoms in total. The molecule has 0 fully saturated rings. The summed E-state index contributed by atoms with van der Waals surface area (Å²) < 4.78 is 39.0. The highest BCUT2D eigenvalue weighted by Gasteiger charge is 2.29. The first-order valence-corrected chi connectivity index (χ1v) is 12.7. The second-order valence-electron chi connectivity index (χ2n) is 7.53. The zero-order valence-corrected chi connectivity index (χ0v) is 20.6. The largest absolute Gasteiger partial charge is 0.495 e. The van der Waals surface area contributed by atoms with Crippen molar-refractivity contribution < 1.29 is 22.7 Å². The van der Waals surface area contributed by atoms with Gasteiger partial charge < -0.3 is 9.47 Å². The van der Waals surface area contributed by atoms with Gasteiger partial charge in [0.15, 0.2) is 0 Å². The quantitative estimate of drug-likeness (QED) is 0.231. The summed E-state index contributed by atoms with van der Waals surface area (Å²) in [5.74, 6) is 0.360. The molecule has 0 unspecified atom stereocenters. The second-order valence-corrected chi connectivity index (χ2v) is 9.39. The Morgan fingerprint density at radius 2 is 1.63 bits per heavy atom. The summed E-state index contributed by atoms with van der Waals surface area (Å²) in [7, 11) is -2.62. The molecule has 0 heterocycles. The molecule has 0 atom stereocenters. The molecule has 0 spiro atoms. The van der Waals surface area contributed by atoms with Crippen LogP contribution in [0.2, 0.25) is 0 Å². The number of unbranched alkanes of at least 4 members (excludes halogenated alkanes) is 1. The van der Waals surface area contributed by atoms with Gasteiger partial charge in [-0.2, -0.15) is 5.10 Å². The van der Waals surface area contributed by atoms with Crippen LogP contribution in [0.3, 0.4) is 0 Å². The Hall–Kier alpha value is -3.85. The fourth-order valence-corrected chi connectivity index (χ4v) is 4.69. The number of ether oxygens (including phenoxy) is 2. The van der Waals surface area contributed by atoms with Crippen molar-refractivity contribution in [2.24, 2.45) is 5.10 Å². The lowest BCUT2D eigenvalue weighted by Crippen LogP contribution is -2.39. The fraction of sp³-hybridized carbons (Fsp3) is 0.231. The van der Waals surface area contributed by atoms with Crippen LogP contribution in [0.4, 0.5) is 5.69 Å². The van der Waals surface area contributed by atoms with Crippen molar-refractivity contribution in [2.45, 2.75) is 24.7 Å². The number of hydrogen-bond acceptors (Lipinski definition) is 6. The van der Waals surface area contributed by atoms with Gasteiger partial charge in [0.2, 0.25) is 0 Å². The monoisotopic (exact) mass is 495 g/mol. The van der Waals surface area contributed by atoms with Gasteiger partial charge in [-0.05, 0) is 42.8 Å². The Morgan fingerprint density at radius 3 is 2.34 bits per heavy atom. The van der Waals surface area contributed by atoms with E-state index in [9.17, 15) is 13.2 Å².